The van der Waals surface area contributed by atoms with Crippen LogP contribution in [0.15, 0.2) is 18.2 Å². The van der Waals surface area contributed by atoms with Gasteiger partial charge in [-0.1, -0.05) is 11.6 Å². The Morgan fingerprint density at radius 3 is 2.87 bits per heavy atom. The number of carbonyl (C=O) groups excluding carboxylic acids is 1. The zero-order chi connectivity index (χ0) is 17.2. The largest absolute Gasteiger partial charge is 0.444 e. The number of nitrogens with two attached hydrogens (primary N) is 1. The van der Waals surface area contributed by atoms with Crippen molar-refractivity contribution < 1.29 is 18.7 Å². The van der Waals surface area contributed by atoms with Crippen LogP contribution in [0, 0.1) is 5.82 Å². The summed E-state index contributed by atoms with van der Waals surface area (Å²) < 4.78 is 24.4. The highest BCUT2D eigenvalue weighted by Gasteiger charge is 2.36. The van der Waals surface area contributed by atoms with Gasteiger partial charge in [0.25, 0.3) is 0 Å². The molecule has 1 aromatic rings. The van der Waals surface area contributed by atoms with E-state index in [1.807, 2.05) is 0 Å². The van der Waals surface area contributed by atoms with Crippen LogP contribution >= 0.6 is 11.6 Å². The van der Waals surface area contributed by atoms with Crippen LogP contribution in [0.3, 0.4) is 0 Å². The van der Waals surface area contributed by atoms with Gasteiger partial charge in [0.2, 0.25) is 0 Å². The monoisotopic (exact) mass is 344 g/mol. The molecule has 0 spiro atoms. The molecule has 1 saturated heterocycles. The van der Waals surface area contributed by atoms with Crippen LogP contribution in [0.4, 0.5) is 9.18 Å². The Labute approximate surface area is 140 Å². The fourth-order valence-electron chi connectivity index (χ4n) is 2.44. The maximum Gasteiger partial charge on any atom is 0.410 e. The molecule has 0 radical (unpaired) electrons. The molecule has 1 aliphatic heterocycles. The SMILES string of the molecule is CC(C)(C)OC(=O)N1CCOCC1C(N)c1cc(F)ccc1Cl. The van der Waals surface area contributed by atoms with E-state index in [4.69, 9.17) is 26.8 Å². The van der Waals surface area contributed by atoms with Gasteiger partial charge in [-0.15, -0.1) is 0 Å². The molecule has 1 aliphatic rings. The van der Waals surface area contributed by atoms with Crippen LogP contribution in [0.2, 0.25) is 5.02 Å². The van der Waals surface area contributed by atoms with Crippen molar-refractivity contribution in [1.82, 2.24) is 4.90 Å². The van der Waals surface area contributed by atoms with Crippen LogP contribution in [0.25, 0.3) is 0 Å². The van der Waals surface area contributed by atoms with Gasteiger partial charge in [-0.05, 0) is 44.5 Å². The fraction of sp³-hybridized carbons (Fsp3) is 0.562. The molecule has 0 saturated carbocycles. The number of hydrogen-bond acceptors (Lipinski definition) is 4. The van der Waals surface area contributed by atoms with Crippen LogP contribution in [0.5, 0.6) is 0 Å². The molecule has 23 heavy (non-hydrogen) atoms. The molecule has 2 atom stereocenters. The summed E-state index contributed by atoms with van der Waals surface area (Å²) in [4.78, 5) is 13.9. The van der Waals surface area contributed by atoms with Gasteiger partial charge in [-0.3, -0.25) is 4.90 Å². The predicted molar refractivity (Wildman–Crippen MR) is 85.9 cm³/mol. The van der Waals surface area contributed by atoms with E-state index in [2.05, 4.69) is 0 Å². The molecule has 7 heteroatoms. The number of morpholine rings is 1. The number of benzene rings is 1. The lowest BCUT2D eigenvalue weighted by Crippen LogP contribution is -2.54. The second kappa shape index (κ2) is 7.03. The Hall–Kier alpha value is -1.37. The third kappa shape index (κ3) is 4.56. The summed E-state index contributed by atoms with van der Waals surface area (Å²) in [5, 5.41) is 0.355. The van der Waals surface area contributed by atoms with Gasteiger partial charge in [0.15, 0.2) is 0 Å². The van der Waals surface area contributed by atoms with E-state index in [0.29, 0.717) is 23.7 Å². The van der Waals surface area contributed by atoms with Crippen molar-refractivity contribution in [3.8, 4) is 0 Å². The normalized spacial score (nSPS) is 20.3. The Balaban J connectivity index is 2.23. The molecular formula is C16H22ClFN2O3. The Kier molecular flexibility index (Phi) is 5.49. The minimum absolute atomic E-state index is 0.243. The first-order chi connectivity index (χ1) is 10.7. The summed E-state index contributed by atoms with van der Waals surface area (Å²) in [6, 6.07) is 2.85. The summed E-state index contributed by atoms with van der Waals surface area (Å²) in [6.07, 6.45) is -0.464. The van der Waals surface area contributed by atoms with Crippen molar-refractivity contribution in [2.45, 2.75) is 38.5 Å². The molecule has 2 N–H and O–H groups in total. The van der Waals surface area contributed by atoms with E-state index in [0.717, 1.165) is 0 Å². The van der Waals surface area contributed by atoms with Crippen LogP contribution < -0.4 is 5.73 Å². The van der Waals surface area contributed by atoms with Crippen molar-refractivity contribution in [2.24, 2.45) is 5.73 Å². The van der Waals surface area contributed by atoms with Crippen molar-refractivity contribution >= 4 is 17.7 Å². The molecule has 1 fully saturated rings. The maximum absolute atomic E-state index is 13.5. The minimum atomic E-state index is -0.675. The Bertz CT molecular complexity index is 577. The van der Waals surface area contributed by atoms with Gasteiger partial charge in [0.05, 0.1) is 25.3 Å². The maximum atomic E-state index is 13.5. The van der Waals surface area contributed by atoms with Crippen molar-refractivity contribution in [2.75, 3.05) is 19.8 Å². The van der Waals surface area contributed by atoms with E-state index < -0.39 is 29.6 Å². The van der Waals surface area contributed by atoms with Gasteiger partial charge in [0, 0.05) is 11.6 Å². The topological polar surface area (TPSA) is 64.8 Å². The third-order valence-electron chi connectivity index (χ3n) is 3.53. The summed E-state index contributed by atoms with van der Waals surface area (Å²) >= 11 is 6.12. The lowest BCUT2D eigenvalue weighted by atomic mass is 9.98. The summed E-state index contributed by atoms with van der Waals surface area (Å²) in [5.74, 6) is -0.430. The highest BCUT2D eigenvalue weighted by Crippen LogP contribution is 2.29. The Morgan fingerprint density at radius 2 is 2.22 bits per heavy atom. The summed E-state index contributed by atoms with van der Waals surface area (Å²) in [5.41, 5.74) is 6.08. The molecule has 5 nitrogen and oxygen atoms in total. The van der Waals surface area contributed by atoms with E-state index >= 15 is 0 Å². The standard InChI is InChI=1S/C16H22ClFN2O3/c1-16(2,3)23-15(21)20-6-7-22-9-13(20)14(19)11-8-10(18)4-5-12(11)17/h4-5,8,13-14H,6-7,9,19H2,1-3H3. The zero-order valence-corrected chi connectivity index (χ0v) is 14.3. The quantitative estimate of drug-likeness (QED) is 0.895. The lowest BCUT2D eigenvalue weighted by molar-refractivity contribution is -0.0382. The van der Waals surface area contributed by atoms with E-state index in [9.17, 15) is 9.18 Å². The first-order valence-electron chi connectivity index (χ1n) is 7.47. The third-order valence-corrected chi connectivity index (χ3v) is 3.87. The van der Waals surface area contributed by atoms with Crippen LogP contribution in [-0.2, 0) is 9.47 Å². The Morgan fingerprint density at radius 1 is 1.52 bits per heavy atom. The molecule has 0 bridgehead atoms. The first kappa shape index (κ1) is 18.0. The van der Waals surface area contributed by atoms with Crippen molar-refractivity contribution in [3.63, 3.8) is 0 Å². The second-order valence-electron chi connectivity index (χ2n) is 6.51. The first-order valence-corrected chi connectivity index (χ1v) is 7.85. The molecule has 0 aliphatic carbocycles. The van der Waals surface area contributed by atoms with E-state index in [-0.39, 0.29) is 6.61 Å². The van der Waals surface area contributed by atoms with Gasteiger partial charge in [-0.2, -0.15) is 0 Å². The molecule has 0 aromatic heterocycles. The van der Waals surface area contributed by atoms with Gasteiger partial charge >= 0.3 is 6.09 Å². The highest BCUT2D eigenvalue weighted by molar-refractivity contribution is 6.31. The smallest absolute Gasteiger partial charge is 0.410 e. The van der Waals surface area contributed by atoms with Gasteiger partial charge in [0.1, 0.15) is 11.4 Å². The molecule has 1 aromatic carbocycles. The fourth-order valence-corrected chi connectivity index (χ4v) is 2.69. The second-order valence-corrected chi connectivity index (χ2v) is 6.91. The zero-order valence-electron chi connectivity index (χ0n) is 13.5. The van der Waals surface area contributed by atoms with Gasteiger partial charge < -0.3 is 15.2 Å². The van der Waals surface area contributed by atoms with Crippen molar-refractivity contribution in [3.05, 3.63) is 34.6 Å². The van der Waals surface area contributed by atoms with Crippen molar-refractivity contribution in [1.29, 1.82) is 0 Å². The minimum Gasteiger partial charge on any atom is -0.444 e. The average Bonchev–Trinajstić information content (AvgIpc) is 2.47. The highest BCUT2D eigenvalue weighted by atomic mass is 35.5. The number of halogens is 2. The molecule has 1 heterocycles. The van der Waals surface area contributed by atoms with Gasteiger partial charge in [-0.25, -0.2) is 9.18 Å². The summed E-state index contributed by atoms with van der Waals surface area (Å²) in [7, 11) is 0. The lowest BCUT2D eigenvalue weighted by Gasteiger charge is -2.39. The number of ether oxygens (including phenoxy) is 2. The average molecular weight is 345 g/mol. The number of carbonyl (C=O) groups is 1. The number of rotatable bonds is 2. The predicted octanol–water partition coefficient (Wildman–Crippen LogP) is 3.11. The number of nitrogens with zero attached hydrogens (tertiary/aromatic N) is 1. The molecular weight excluding hydrogens is 323 g/mol. The molecule has 128 valence electrons. The van der Waals surface area contributed by atoms with Crippen LogP contribution in [-0.4, -0.2) is 42.4 Å². The molecule has 2 rings (SSSR count). The number of amides is 1. The van der Waals surface area contributed by atoms with E-state index in [1.54, 1.807) is 20.8 Å². The number of hydrogen-bond donors (Lipinski definition) is 1. The van der Waals surface area contributed by atoms with Crippen LogP contribution in [0.1, 0.15) is 32.4 Å². The summed E-state index contributed by atoms with van der Waals surface area (Å²) in [6.45, 7) is 6.39. The molecule has 1 amide bonds. The van der Waals surface area contributed by atoms with E-state index in [1.165, 1.54) is 23.1 Å². The molecule has 2 unspecified atom stereocenters.